The normalized spacial score (nSPS) is 15.2. The van der Waals surface area contributed by atoms with E-state index in [4.69, 9.17) is 19.9 Å². The lowest BCUT2D eigenvalue weighted by Crippen LogP contribution is -2.64. The molecule has 0 aliphatic rings. The van der Waals surface area contributed by atoms with Gasteiger partial charge in [0.15, 0.2) is 19.7 Å². The zero-order valence-electron chi connectivity index (χ0n) is 37.3. The summed E-state index contributed by atoms with van der Waals surface area (Å²) in [7, 11) is -4.77. The molecule has 5 aromatic carbocycles. The van der Waals surface area contributed by atoms with Gasteiger partial charge in [-0.05, 0) is 102 Å². The number of nitrogens with two attached hydrogens (primary N) is 1. The van der Waals surface area contributed by atoms with Gasteiger partial charge in [-0.25, -0.2) is 26.4 Å². The Morgan fingerprint density at radius 1 is 0.708 bits per heavy atom. The SMILES string of the molecule is COC(=O)c1ccc(CC(C)NC(C(O)c2ccc(O)c(CS(C)(=O)=O)c2)C(O)(c2ccc(OCc3ccccc3)c(CS(C)(=O)=O)c2)C(N)C(C)Cc2ccc(C(=O)OC)cc2)cc1. The second-order valence-electron chi connectivity index (χ2n) is 16.7. The van der Waals surface area contributed by atoms with Crippen molar-refractivity contribution in [2.45, 2.75) is 74.6 Å². The number of aliphatic hydroxyl groups is 2. The Hall–Kier alpha value is -5.62. The van der Waals surface area contributed by atoms with Crippen LogP contribution in [0, 0.1) is 5.92 Å². The van der Waals surface area contributed by atoms with Crippen molar-refractivity contribution < 1.29 is 56.0 Å². The van der Waals surface area contributed by atoms with Crippen LogP contribution in [-0.4, -0.2) is 89.0 Å². The molecule has 0 spiro atoms. The van der Waals surface area contributed by atoms with Gasteiger partial charge < -0.3 is 40.6 Å². The number of phenolic OH excluding ortho intramolecular Hbond substituents is 1. The van der Waals surface area contributed by atoms with Gasteiger partial charge in [0, 0.05) is 35.7 Å². The number of aromatic hydroxyl groups is 1. The van der Waals surface area contributed by atoms with Gasteiger partial charge in [-0.3, -0.25) is 0 Å². The third-order valence-corrected chi connectivity index (χ3v) is 12.9. The summed E-state index contributed by atoms with van der Waals surface area (Å²) >= 11 is 0. The number of phenols is 1. The molecule has 0 aliphatic carbocycles. The van der Waals surface area contributed by atoms with Gasteiger partial charge in [-0.1, -0.05) is 73.7 Å². The molecular weight excluding hydrogens is 873 g/mol. The van der Waals surface area contributed by atoms with Crippen molar-refractivity contribution in [3.8, 4) is 11.5 Å². The quantitative estimate of drug-likeness (QED) is 0.0585. The number of nitrogens with one attached hydrogen (secondary N) is 1. The number of benzene rings is 5. The van der Waals surface area contributed by atoms with Crippen molar-refractivity contribution in [2.24, 2.45) is 11.7 Å². The average molecular weight is 931 g/mol. The van der Waals surface area contributed by atoms with Crippen LogP contribution in [0.15, 0.2) is 115 Å². The molecule has 6 atom stereocenters. The Labute approximate surface area is 381 Å². The van der Waals surface area contributed by atoms with Crippen molar-refractivity contribution in [3.05, 3.63) is 165 Å². The first-order valence-electron chi connectivity index (χ1n) is 20.9. The van der Waals surface area contributed by atoms with E-state index >= 15 is 0 Å². The molecule has 0 aliphatic heterocycles. The van der Waals surface area contributed by atoms with E-state index in [0.29, 0.717) is 17.5 Å². The fraction of sp³-hybridized carbons (Fsp3) is 0.347. The summed E-state index contributed by atoms with van der Waals surface area (Å²) in [6.07, 6.45) is 1.05. The summed E-state index contributed by atoms with van der Waals surface area (Å²) in [6.45, 7) is 3.76. The minimum Gasteiger partial charge on any atom is -0.508 e. The number of sulfone groups is 2. The second-order valence-corrected chi connectivity index (χ2v) is 21.0. The van der Waals surface area contributed by atoms with E-state index in [0.717, 1.165) is 29.2 Å². The van der Waals surface area contributed by atoms with Crippen LogP contribution in [0.4, 0.5) is 0 Å². The zero-order chi connectivity index (χ0) is 47.7. The number of esters is 2. The highest BCUT2D eigenvalue weighted by molar-refractivity contribution is 7.90. The van der Waals surface area contributed by atoms with Crippen LogP contribution < -0.4 is 15.8 Å². The monoisotopic (exact) mass is 930 g/mol. The minimum atomic E-state index is -3.69. The minimum absolute atomic E-state index is 0.0218. The lowest BCUT2D eigenvalue weighted by molar-refractivity contribution is -0.0840. The molecule has 0 radical (unpaired) electrons. The highest BCUT2D eigenvalue weighted by atomic mass is 32.2. The van der Waals surface area contributed by atoms with E-state index in [1.54, 1.807) is 60.7 Å². The van der Waals surface area contributed by atoms with E-state index in [1.807, 2.05) is 44.2 Å². The number of aliphatic hydroxyl groups excluding tert-OH is 1. The van der Waals surface area contributed by atoms with E-state index < -0.39 is 78.9 Å². The van der Waals surface area contributed by atoms with E-state index in [2.05, 4.69) is 5.32 Å². The first-order chi connectivity index (χ1) is 30.6. The van der Waals surface area contributed by atoms with Gasteiger partial charge >= 0.3 is 11.9 Å². The topological polar surface area (TPSA) is 229 Å². The molecular formula is C49H58N2O12S2. The molecule has 0 fully saturated rings. The van der Waals surface area contributed by atoms with Crippen molar-refractivity contribution >= 4 is 31.6 Å². The maximum absolute atomic E-state index is 13.7. The Morgan fingerprint density at radius 3 is 1.78 bits per heavy atom. The zero-order valence-corrected chi connectivity index (χ0v) is 38.9. The molecule has 0 saturated carbocycles. The fourth-order valence-electron chi connectivity index (χ4n) is 7.96. The van der Waals surface area contributed by atoms with E-state index in [9.17, 15) is 41.7 Å². The van der Waals surface area contributed by atoms with Gasteiger partial charge in [-0.2, -0.15) is 0 Å². The number of hydrogen-bond acceptors (Lipinski definition) is 14. The summed E-state index contributed by atoms with van der Waals surface area (Å²) in [5.74, 6) is -2.66. The van der Waals surface area contributed by atoms with Crippen LogP contribution in [-0.2, 0) is 65.7 Å². The Morgan fingerprint density at radius 2 is 1.25 bits per heavy atom. The standard InChI is InChI=1S/C49H58N2O12S2/c1-31(24-33-12-16-36(17-13-33)47(54)61-3)45(50)49(56,41-21-23-43(40(27-41)30-65(6,59)60)63-28-35-10-8-7-9-11-35)46(44(53)38-20-22-42(52)39(26-38)29-64(5,57)58)51-32(2)25-34-14-18-37(19-15-34)48(55)62-4/h7-23,26-27,31-32,44-46,51-53,56H,24-25,28-30,50H2,1-6H3. The fourth-order valence-corrected chi connectivity index (χ4v) is 9.55. The maximum atomic E-state index is 13.7. The molecule has 348 valence electrons. The Bertz CT molecular complexity index is 2640. The lowest BCUT2D eigenvalue weighted by atomic mass is 9.71. The molecule has 65 heavy (non-hydrogen) atoms. The predicted molar refractivity (Wildman–Crippen MR) is 248 cm³/mol. The molecule has 0 bridgehead atoms. The second kappa shape index (κ2) is 21.6. The van der Waals surface area contributed by atoms with Gasteiger partial charge in [0.05, 0.1) is 49.0 Å². The van der Waals surface area contributed by atoms with Crippen molar-refractivity contribution in [1.82, 2.24) is 5.32 Å². The molecule has 5 aromatic rings. The molecule has 6 N–H and O–H groups in total. The van der Waals surface area contributed by atoms with Crippen LogP contribution in [0.3, 0.4) is 0 Å². The molecule has 0 aromatic heterocycles. The Balaban J connectivity index is 1.69. The summed E-state index contributed by atoms with van der Waals surface area (Å²) in [6, 6.07) is 28.3. The first kappa shape index (κ1) is 50.4. The van der Waals surface area contributed by atoms with Gasteiger partial charge in [0.1, 0.15) is 23.7 Å². The smallest absolute Gasteiger partial charge is 0.337 e. The van der Waals surface area contributed by atoms with Crippen molar-refractivity contribution in [1.29, 1.82) is 0 Å². The Kier molecular flexibility index (Phi) is 16.7. The predicted octanol–water partition coefficient (Wildman–Crippen LogP) is 5.35. The molecule has 16 heteroatoms. The van der Waals surface area contributed by atoms with Gasteiger partial charge in [0.2, 0.25) is 0 Å². The summed E-state index contributed by atoms with van der Waals surface area (Å²) in [5.41, 5.74) is 8.63. The van der Waals surface area contributed by atoms with Crippen molar-refractivity contribution in [2.75, 3.05) is 26.7 Å². The maximum Gasteiger partial charge on any atom is 0.337 e. The lowest BCUT2D eigenvalue weighted by Gasteiger charge is -2.47. The highest BCUT2D eigenvalue weighted by Gasteiger charge is 2.50. The average Bonchev–Trinajstić information content (AvgIpc) is 3.27. The molecule has 14 nitrogen and oxygen atoms in total. The van der Waals surface area contributed by atoms with Crippen LogP contribution in [0.25, 0.3) is 0 Å². The highest BCUT2D eigenvalue weighted by Crippen LogP contribution is 2.41. The molecule has 0 saturated heterocycles. The summed E-state index contributed by atoms with van der Waals surface area (Å²) in [4.78, 5) is 24.4. The summed E-state index contributed by atoms with van der Waals surface area (Å²) < 4.78 is 66.7. The molecule has 6 unspecified atom stereocenters. The third kappa shape index (κ3) is 13.5. The number of carbonyl (C=O) groups is 2. The third-order valence-electron chi connectivity index (χ3n) is 11.3. The summed E-state index contributed by atoms with van der Waals surface area (Å²) in [5, 5.41) is 40.5. The van der Waals surface area contributed by atoms with Crippen molar-refractivity contribution in [3.63, 3.8) is 0 Å². The van der Waals surface area contributed by atoms with Crippen LogP contribution >= 0.6 is 0 Å². The molecule has 0 heterocycles. The number of ether oxygens (including phenoxy) is 3. The largest absolute Gasteiger partial charge is 0.508 e. The first-order valence-corrected chi connectivity index (χ1v) is 25.0. The molecule has 5 rings (SSSR count). The number of methoxy groups -OCH3 is 2. The van der Waals surface area contributed by atoms with Crippen LogP contribution in [0.1, 0.15) is 79.6 Å². The van der Waals surface area contributed by atoms with E-state index in [-0.39, 0.29) is 46.8 Å². The molecule has 0 amide bonds. The van der Waals surface area contributed by atoms with E-state index in [1.165, 1.54) is 38.5 Å². The number of hydrogen-bond donors (Lipinski definition) is 5. The van der Waals surface area contributed by atoms with Crippen LogP contribution in [0.2, 0.25) is 0 Å². The number of carbonyl (C=O) groups excluding carboxylic acids is 2. The number of rotatable bonds is 21. The van der Waals surface area contributed by atoms with Gasteiger partial charge in [0.25, 0.3) is 0 Å². The van der Waals surface area contributed by atoms with Crippen LogP contribution in [0.5, 0.6) is 11.5 Å². The van der Waals surface area contributed by atoms with Gasteiger partial charge in [-0.15, -0.1) is 0 Å².